The fraction of sp³-hybridized carbons (Fsp3) is 0.300. The standard InChI is InChI=1S/C10H8ClFN4O3S/c11-6-1-2-8-13-10(14-16(8)4-6)15-5-7(3-9(15)17)20(12,18)19/h1-2,4,7H,3,5H2. The van der Waals surface area contributed by atoms with E-state index in [9.17, 15) is 17.1 Å². The zero-order chi connectivity index (χ0) is 14.5. The summed E-state index contributed by atoms with van der Waals surface area (Å²) in [6, 6.07) is 3.21. The molecule has 2 aromatic heterocycles. The van der Waals surface area contributed by atoms with Crippen LogP contribution >= 0.6 is 11.6 Å². The highest BCUT2D eigenvalue weighted by molar-refractivity contribution is 7.87. The predicted octanol–water partition coefficient (Wildman–Crippen LogP) is 0.787. The van der Waals surface area contributed by atoms with E-state index in [2.05, 4.69) is 10.1 Å². The van der Waals surface area contributed by atoms with Gasteiger partial charge < -0.3 is 0 Å². The Balaban J connectivity index is 1.97. The molecule has 1 aliphatic heterocycles. The molecule has 1 unspecified atom stereocenters. The van der Waals surface area contributed by atoms with Crippen LogP contribution < -0.4 is 4.90 Å². The van der Waals surface area contributed by atoms with Crippen LogP contribution in [0.15, 0.2) is 18.3 Å². The Labute approximate surface area is 118 Å². The van der Waals surface area contributed by atoms with Crippen LogP contribution in [0, 0.1) is 0 Å². The van der Waals surface area contributed by atoms with Crippen LogP contribution in [0.3, 0.4) is 0 Å². The molecule has 1 saturated heterocycles. The molecular formula is C10H8ClFN4O3S. The predicted molar refractivity (Wildman–Crippen MR) is 68.8 cm³/mol. The smallest absolute Gasteiger partial charge is 0.278 e. The number of hydrogen-bond acceptors (Lipinski definition) is 5. The van der Waals surface area contributed by atoms with Crippen LogP contribution in [0.25, 0.3) is 5.65 Å². The number of aromatic nitrogens is 3. The van der Waals surface area contributed by atoms with Crippen molar-refractivity contribution in [3.05, 3.63) is 23.4 Å². The Morgan fingerprint density at radius 2 is 2.15 bits per heavy atom. The summed E-state index contributed by atoms with van der Waals surface area (Å²) in [4.78, 5) is 16.9. The second kappa shape index (κ2) is 4.38. The molecule has 0 aliphatic carbocycles. The van der Waals surface area contributed by atoms with Crippen LogP contribution in [0.1, 0.15) is 6.42 Å². The molecule has 1 amide bonds. The number of halogens is 2. The Hall–Kier alpha value is -1.74. The maximum absolute atomic E-state index is 12.9. The van der Waals surface area contributed by atoms with Gasteiger partial charge in [0.2, 0.25) is 5.91 Å². The zero-order valence-electron chi connectivity index (χ0n) is 9.90. The van der Waals surface area contributed by atoms with E-state index in [4.69, 9.17) is 11.6 Å². The fourth-order valence-electron chi connectivity index (χ4n) is 2.02. The summed E-state index contributed by atoms with van der Waals surface area (Å²) < 4.78 is 36.0. The van der Waals surface area contributed by atoms with Gasteiger partial charge in [-0.25, -0.2) is 4.52 Å². The lowest BCUT2D eigenvalue weighted by atomic mass is 10.4. The molecule has 3 heterocycles. The van der Waals surface area contributed by atoms with Gasteiger partial charge in [-0.3, -0.25) is 9.69 Å². The molecule has 0 spiro atoms. The van der Waals surface area contributed by atoms with Crippen molar-refractivity contribution in [1.29, 1.82) is 0 Å². The number of pyridine rings is 1. The lowest BCUT2D eigenvalue weighted by molar-refractivity contribution is -0.117. The number of amides is 1. The zero-order valence-corrected chi connectivity index (χ0v) is 11.5. The number of nitrogens with zero attached hydrogens (tertiary/aromatic N) is 4. The summed E-state index contributed by atoms with van der Waals surface area (Å²) in [5.41, 5.74) is 0.448. The van der Waals surface area contributed by atoms with Crippen molar-refractivity contribution in [3.8, 4) is 0 Å². The van der Waals surface area contributed by atoms with Gasteiger partial charge in [0.1, 0.15) is 5.25 Å². The van der Waals surface area contributed by atoms with Crippen molar-refractivity contribution in [2.45, 2.75) is 11.7 Å². The minimum absolute atomic E-state index is 0.0309. The lowest BCUT2D eigenvalue weighted by Gasteiger charge is -2.09. The third-order valence-corrected chi connectivity index (χ3v) is 4.35. The third kappa shape index (κ3) is 2.22. The van der Waals surface area contributed by atoms with Crippen LogP contribution in [0.5, 0.6) is 0 Å². The molecule has 0 N–H and O–H groups in total. The first-order chi connectivity index (χ1) is 9.34. The van der Waals surface area contributed by atoms with E-state index in [1.54, 1.807) is 12.1 Å². The van der Waals surface area contributed by atoms with Gasteiger partial charge in [0, 0.05) is 19.2 Å². The Morgan fingerprint density at radius 3 is 2.80 bits per heavy atom. The summed E-state index contributed by atoms with van der Waals surface area (Å²) in [5, 5.41) is 3.10. The molecule has 2 aromatic rings. The van der Waals surface area contributed by atoms with Crippen LogP contribution in [-0.2, 0) is 15.0 Å². The monoisotopic (exact) mass is 318 g/mol. The highest BCUT2D eigenvalue weighted by Crippen LogP contribution is 2.24. The second-order valence-corrected chi connectivity index (χ2v) is 6.42. The molecule has 0 bridgehead atoms. The van der Waals surface area contributed by atoms with Crippen LogP contribution in [0.2, 0.25) is 5.02 Å². The molecule has 0 aromatic carbocycles. The van der Waals surface area contributed by atoms with E-state index < -0.39 is 27.8 Å². The average molecular weight is 319 g/mol. The van der Waals surface area contributed by atoms with Gasteiger partial charge in [0.15, 0.2) is 5.65 Å². The molecule has 1 aliphatic rings. The van der Waals surface area contributed by atoms with Crippen molar-refractivity contribution >= 4 is 39.3 Å². The maximum Gasteiger partial charge on any atom is 0.307 e. The Bertz CT molecular complexity index is 806. The summed E-state index contributed by atoms with van der Waals surface area (Å²) in [6.07, 6.45) is 1.09. The van der Waals surface area contributed by atoms with Crippen LogP contribution in [-0.4, -0.2) is 40.7 Å². The topological polar surface area (TPSA) is 84.6 Å². The summed E-state index contributed by atoms with van der Waals surface area (Å²) in [5.74, 6) is -0.498. The van der Waals surface area contributed by atoms with E-state index in [-0.39, 0.29) is 12.5 Å². The summed E-state index contributed by atoms with van der Waals surface area (Å²) in [6.45, 7) is -0.289. The number of anilines is 1. The average Bonchev–Trinajstić information content (AvgIpc) is 2.90. The number of rotatable bonds is 2. The molecule has 0 radical (unpaired) electrons. The van der Waals surface area contributed by atoms with Gasteiger partial charge in [-0.15, -0.1) is 8.98 Å². The van der Waals surface area contributed by atoms with E-state index in [1.807, 2.05) is 0 Å². The molecule has 10 heteroatoms. The van der Waals surface area contributed by atoms with Crippen molar-refractivity contribution < 1.29 is 17.1 Å². The minimum Gasteiger partial charge on any atom is -0.278 e. The van der Waals surface area contributed by atoms with Crippen molar-refractivity contribution in [2.24, 2.45) is 0 Å². The van der Waals surface area contributed by atoms with E-state index in [0.717, 1.165) is 4.90 Å². The van der Waals surface area contributed by atoms with E-state index >= 15 is 0 Å². The normalized spacial score (nSPS) is 20.0. The number of carbonyl (C=O) groups excluding carboxylic acids is 1. The molecule has 3 rings (SSSR count). The highest BCUT2D eigenvalue weighted by Gasteiger charge is 2.40. The molecule has 1 atom stereocenters. The minimum atomic E-state index is -4.76. The molecular weight excluding hydrogens is 311 g/mol. The maximum atomic E-state index is 12.9. The first kappa shape index (κ1) is 13.3. The van der Waals surface area contributed by atoms with Gasteiger partial charge in [-0.1, -0.05) is 11.6 Å². The number of hydrogen-bond donors (Lipinski definition) is 0. The largest absolute Gasteiger partial charge is 0.307 e. The van der Waals surface area contributed by atoms with Gasteiger partial charge in [-0.05, 0) is 12.1 Å². The van der Waals surface area contributed by atoms with Crippen molar-refractivity contribution in [1.82, 2.24) is 14.6 Å². The van der Waals surface area contributed by atoms with E-state index in [1.165, 1.54) is 10.7 Å². The van der Waals surface area contributed by atoms with Gasteiger partial charge in [-0.2, -0.15) is 13.4 Å². The third-order valence-electron chi connectivity index (χ3n) is 3.01. The fourth-order valence-corrected chi connectivity index (χ4v) is 2.84. The van der Waals surface area contributed by atoms with Gasteiger partial charge in [0.25, 0.3) is 5.95 Å². The van der Waals surface area contributed by atoms with Crippen molar-refractivity contribution in [3.63, 3.8) is 0 Å². The molecule has 106 valence electrons. The Kier molecular flexibility index (Phi) is 2.91. The SMILES string of the molecule is O=C1CC(S(=O)(=O)F)CN1c1nc2ccc(Cl)cn2n1. The molecule has 1 fully saturated rings. The second-order valence-electron chi connectivity index (χ2n) is 4.37. The highest BCUT2D eigenvalue weighted by atomic mass is 35.5. The molecule has 7 nitrogen and oxygen atoms in total. The van der Waals surface area contributed by atoms with Crippen molar-refractivity contribution in [2.75, 3.05) is 11.4 Å². The van der Waals surface area contributed by atoms with Gasteiger partial charge >= 0.3 is 10.2 Å². The van der Waals surface area contributed by atoms with Crippen LogP contribution in [0.4, 0.5) is 9.83 Å². The molecule has 20 heavy (non-hydrogen) atoms. The summed E-state index contributed by atoms with van der Waals surface area (Å²) in [7, 11) is -4.76. The first-order valence-electron chi connectivity index (χ1n) is 5.60. The summed E-state index contributed by atoms with van der Waals surface area (Å²) >= 11 is 5.80. The quantitative estimate of drug-likeness (QED) is 0.764. The van der Waals surface area contributed by atoms with Gasteiger partial charge in [0.05, 0.1) is 5.02 Å². The lowest BCUT2D eigenvalue weighted by Crippen LogP contribution is -2.27. The number of carbonyl (C=O) groups is 1. The number of fused-ring (bicyclic) bond motifs is 1. The first-order valence-corrected chi connectivity index (χ1v) is 7.43. The Morgan fingerprint density at radius 1 is 1.40 bits per heavy atom. The van der Waals surface area contributed by atoms with E-state index in [0.29, 0.717) is 10.7 Å². The molecule has 0 saturated carbocycles.